The molecular weight excluding hydrogens is 214 g/mol. The van der Waals surface area contributed by atoms with E-state index < -0.39 is 5.54 Å². The van der Waals surface area contributed by atoms with E-state index in [1.165, 1.54) is 0 Å². The Morgan fingerprint density at radius 3 is 2.94 bits per heavy atom. The maximum Gasteiger partial charge on any atom is 0.242 e. The standard InChI is InChI=1S/C13H19N3O/c1-10-8-15-13(2,3)12(17)16(10)9-11-6-4-5-7-14-11/h4-7,10,15H,8-9H2,1-3H3. The number of nitrogens with one attached hydrogen (secondary N) is 1. The molecule has 2 heterocycles. The summed E-state index contributed by atoms with van der Waals surface area (Å²) in [4.78, 5) is 18.5. The highest BCUT2D eigenvalue weighted by Gasteiger charge is 2.38. The van der Waals surface area contributed by atoms with Gasteiger partial charge in [0.15, 0.2) is 0 Å². The zero-order chi connectivity index (χ0) is 12.5. The molecule has 17 heavy (non-hydrogen) atoms. The third-order valence-corrected chi connectivity index (χ3v) is 3.23. The third kappa shape index (κ3) is 2.47. The minimum atomic E-state index is -0.471. The van der Waals surface area contributed by atoms with Crippen LogP contribution in [0.5, 0.6) is 0 Å². The maximum absolute atomic E-state index is 12.3. The van der Waals surface area contributed by atoms with Crippen LogP contribution in [0.1, 0.15) is 26.5 Å². The highest BCUT2D eigenvalue weighted by Crippen LogP contribution is 2.18. The van der Waals surface area contributed by atoms with Gasteiger partial charge in [0.05, 0.1) is 17.8 Å². The van der Waals surface area contributed by atoms with Crippen LogP contribution in [0.2, 0.25) is 0 Å². The molecule has 1 fully saturated rings. The van der Waals surface area contributed by atoms with E-state index in [1.807, 2.05) is 36.9 Å². The molecule has 92 valence electrons. The lowest BCUT2D eigenvalue weighted by Crippen LogP contribution is -2.64. The molecule has 1 saturated heterocycles. The molecule has 0 radical (unpaired) electrons. The number of aromatic nitrogens is 1. The molecule has 1 amide bonds. The molecule has 4 nitrogen and oxygen atoms in total. The van der Waals surface area contributed by atoms with Crippen LogP contribution in [-0.2, 0) is 11.3 Å². The molecule has 0 aliphatic carbocycles. The highest BCUT2D eigenvalue weighted by atomic mass is 16.2. The first-order chi connectivity index (χ1) is 8.00. The Bertz CT molecular complexity index is 402. The molecule has 2 rings (SSSR count). The number of rotatable bonds is 2. The summed E-state index contributed by atoms with van der Waals surface area (Å²) in [6.45, 7) is 7.32. The Morgan fingerprint density at radius 1 is 1.53 bits per heavy atom. The second kappa shape index (κ2) is 4.45. The number of pyridine rings is 1. The topological polar surface area (TPSA) is 45.2 Å². The summed E-state index contributed by atoms with van der Waals surface area (Å²) in [5, 5.41) is 3.26. The van der Waals surface area contributed by atoms with Gasteiger partial charge in [-0.15, -0.1) is 0 Å². The fourth-order valence-electron chi connectivity index (χ4n) is 2.04. The van der Waals surface area contributed by atoms with Crippen molar-refractivity contribution in [2.45, 2.75) is 38.9 Å². The summed E-state index contributed by atoms with van der Waals surface area (Å²) < 4.78 is 0. The molecule has 4 heteroatoms. The van der Waals surface area contributed by atoms with Gasteiger partial charge in [0.1, 0.15) is 0 Å². The van der Waals surface area contributed by atoms with E-state index in [0.717, 1.165) is 12.2 Å². The number of hydrogen-bond acceptors (Lipinski definition) is 3. The fourth-order valence-corrected chi connectivity index (χ4v) is 2.04. The zero-order valence-corrected chi connectivity index (χ0v) is 10.6. The van der Waals surface area contributed by atoms with Crippen LogP contribution in [0.3, 0.4) is 0 Å². The van der Waals surface area contributed by atoms with E-state index in [2.05, 4.69) is 17.2 Å². The van der Waals surface area contributed by atoms with Crippen molar-refractivity contribution in [1.82, 2.24) is 15.2 Å². The minimum absolute atomic E-state index is 0.141. The van der Waals surface area contributed by atoms with Gasteiger partial charge in [-0.25, -0.2) is 0 Å². The van der Waals surface area contributed by atoms with Crippen LogP contribution in [-0.4, -0.2) is 33.9 Å². The van der Waals surface area contributed by atoms with E-state index in [1.54, 1.807) is 6.20 Å². The first-order valence-electron chi connectivity index (χ1n) is 5.97. The molecule has 1 N–H and O–H groups in total. The van der Waals surface area contributed by atoms with Crippen molar-refractivity contribution in [1.29, 1.82) is 0 Å². The van der Waals surface area contributed by atoms with Crippen molar-refractivity contribution in [3.05, 3.63) is 30.1 Å². The smallest absolute Gasteiger partial charge is 0.242 e. The first kappa shape index (κ1) is 12.0. The molecule has 0 saturated carbocycles. The summed E-state index contributed by atoms with van der Waals surface area (Å²) in [6, 6.07) is 5.99. The molecule has 1 aliphatic rings. The Kier molecular flexibility index (Phi) is 3.15. The second-order valence-electron chi connectivity index (χ2n) is 5.11. The molecule has 0 spiro atoms. The average molecular weight is 233 g/mol. The summed E-state index contributed by atoms with van der Waals surface area (Å²) >= 11 is 0. The average Bonchev–Trinajstić information content (AvgIpc) is 2.32. The zero-order valence-electron chi connectivity index (χ0n) is 10.6. The Hall–Kier alpha value is -1.42. The first-order valence-corrected chi connectivity index (χ1v) is 5.97. The van der Waals surface area contributed by atoms with Gasteiger partial charge in [-0.05, 0) is 32.9 Å². The SMILES string of the molecule is CC1CNC(C)(C)C(=O)N1Cc1ccccn1. The molecule has 1 unspecified atom stereocenters. The predicted molar refractivity (Wildman–Crippen MR) is 66.3 cm³/mol. The van der Waals surface area contributed by atoms with Gasteiger partial charge in [0, 0.05) is 18.8 Å². The van der Waals surface area contributed by atoms with E-state index in [9.17, 15) is 4.79 Å². The molecule has 0 bridgehead atoms. The van der Waals surface area contributed by atoms with Gasteiger partial charge >= 0.3 is 0 Å². The number of carbonyl (C=O) groups is 1. The summed E-state index contributed by atoms with van der Waals surface area (Å²) in [7, 11) is 0. The third-order valence-electron chi connectivity index (χ3n) is 3.23. The van der Waals surface area contributed by atoms with Gasteiger partial charge in [0.2, 0.25) is 5.91 Å². The van der Waals surface area contributed by atoms with Gasteiger partial charge < -0.3 is 10.2 Å². The lowest BCUT2D eigenvalue weighted by Gasteiger charge is -2.42. The quantitative estimate of drug-likeness (QED) is 0.834. The van der Waals surface area contributed by atoms with E-state index in [-0.39, 0.29) is 11.9 Å². The summed E-state index contributed by atoms with van der Waals surface area (Å²) in [6.07, 6.45) is 1.76. The van der Waals surface area contributed by atoms with Crippen LogP contribution in [0.15, 0.2) is 24.4 Å². The molecule has 1 aromatic heterocycles. The van der Waals surface area contributed by atoms with Crippen LogP contribution >= 0.6 is 0 Å². The van der Waals surface area contributed by atoms with Crippen LogP contribution in [0.25, 0.3) is 0 Å². The molecule has 1 aromatic rings. The molecule has 1 atom stereocenters. The molecule has 0 aromatic carbocycles. The van der Waals surface area contributed by atoms with Crippen molar-refractivity contribution < 1.29 is 4.79 Å². The number of hydrogen-bond donors (Lipinski definition) is 1. The number of amides is 1. The molecule has 1 aliphatic heterocycles. The van der Waals surface area contributed by atoms with Crippen molar-refractivity contribution in [2.24, 2.45) is 0 Å². The van der Waals surface area contributed by atoms with Crippen molar-refractivity contribution in [2.75, 3.05) is 6.54 Å². The largest absolute Gasteiger partial charge is 0.331 e. The van der Waals surface area contributed by atoms with Crippen molar-refractivity contribution in [3.8, 4) is 0 Å². The van der Waals surface area contributed by atoms with E-state index in [0.29, 0.717) is 6.54 Å². The Labute approximate surface area is 102 Å². The van der Waals surface area contributed by atoms with E-state index >= 15 is 0 Å². The van der Waals surface area contributed by atoms with Crippen LogP contribution in [0.4, 0.5) is 0 Å². The van der Waals surface area contributed by atoms with Gasteiger partial charge in [0.25, 0.3) is 0 Å². The van der Waals surface area contributed by atoms with Crippen molar-refractivity contribution >= 4 is 5.91 Å². The maximum atomic E-state index is 12.3. The lowest BCUT2D eigenvalue weighted by molar-refractivity contribution is -0.143. The second-order valence-corrected chi connectivity index (χ2v) is 5.11. The van der Waals surface area contributed by atoms with Crippen LogP contribution in [0, 0.1) is 0 Å². The number of piperazine rings is 1. The van der Waals surface area contributed by atoms with Crippen molar-refractivity contribution in [3.63, 3.8) is 0 Å². The summed E-state index contributed by atoms with van der Waals surface area (Å²) in [5.41, 5.74) is 0.465. The Balaban J connectivity index is 2.16. The Morgan fingerprint density at radius 2 is 2.29 bits per heavy atom. The van der Waals surface area contributed by atoms with Gasteiger partial charge in [-0.3, -0.25) is 9.78 Å². The fraction of sp³-hybridized carbons (Fsp3) is 0.538. The monoisotopic (exact) mass is 233 g/mol. The van der Waals surface area contributed by atoms with E-state index in [4.69, 9.17) is 0 Å². The number of carbonyl (C=O) groups excluding carboxylic acids is 1. The van der Waals surface area contributed by atoms with Crippen LogP contribution < -0.4 is 5.32 Å². The summed E-state index contributed by atoms with van der Waals surface area (Å²) in [5.74, 6) is 0.141. The predicted octanol–water partition coefficient (Wildman–Crippen LogP) is 1.18. The van der Waals surface area contributed by atoms with Gasteiger partial charge in [-0.2, -0.15) is 0 Å². The normalized spacial score (nSPS) is 23.8. The number of nitrogens with zero attached hydrogens (tertiary/aromatic N) is 2. The lowest BCUT2D eigenvalue weighted by atomic mass is 9.98. The minimum Gasteiger partial charge on any atom is -0.331 e. The highest BCUT2D eigenvalue weighted by molar-refractivity contribution is 5.86. The molecular formula is C13H19N3O. The van der Waals surface area contributed by atoms with Gasteiger partial charge in [-0.1, -0.05) is 6.07 Å².